The summed E-state index contributed by atoms with van der Waals surface area (Å²) in [5.41, 5.74) is 7.85. The van der Waals surface area contributed by atoms with Crippen molar-refractivity contribution in [2.75, 3.05) is 5.73 Å². The Balaban J connectivity index is 3.28. The number of nitrogens with zero attached hydrogens (tertiary/aromatic N) is 1. The average Bonchev–Trinajstić information content (AvgIpc) is 1.84. The zero-order valence-corrected chi connectivity index (χ0v) is 6.74. The minimum absolute atomic E-state index is 0.628. The SMILES string of the molecule is Cc1nc(C)c(Cl)cc1N. The Morgan fingerprint density at radius 2 is 2.00 bits per heavy atom. The van der Waals surface area contributed by atoms with E-state index < -0.39 is 0 Å². The second kappa shape index (κ2) is 2.46. The predicted octanol–water partition coefficient (Wildman–Crippen LogP) is 1.93. The van der Waals surface area contributed by atoms with E-state index >= 15 is 0 Å². The lowest BCUT2D eigenvalue weighted by atomic mass is 10.3. The van der Waals surface area contributed by atoms with Crippen molar-refractivity contribution >= 4 is 17.3 Å². The first-order chi connectivity index (χ1) is 4.61. The lowest BCUT2D eigenvalue weighted by Crippen LogP contribution is -1.94. The highest BCUT2D eigenvalue weighted by molar-refractivity contribution is 6.31. The molecule has 54 valence electrons. The second-order valence-electron chi connectivity index (χ2n) is 2.23. The number of nitrogen functional groups attached to an aromatic ring is 1. The molecule has 2 N–H and O–H groups in total. The summed E-state index contributed by atoms with van der Waals surface area (Å²) < 4.78 is 0. The molecule has 0 atom stereocenters. The summed E-state index contributed by atoms with van der Waals surface area (Å²) in [5.74, 6) is 0. The van der Waals surface area contributed by atoms with E-state index in [1.807, 2.05) is 13.8 Å². The van der Waals surface area contributed by atoms with Crippen LogP contribution >= 0.6 is 11.6 Å². The molecule has 0 spiro atoms. The fourth-order valence-electron chi connectivity index (χ4n) is 0.715. The van der Waals surface area contributed by atoms with E-state index in [0.29, 0.717) is 10.7 Å². The van der Waals surface area contributed by atoms with Crippen LogP contribution in [0.25, 0.3) is 0 Å². The smallest absolute Gasteiger partial charge is 0.0639 e. The summed E-state index contributed by atoms with van der Waals surface area (Å²) in [5, 5.41) is 0.628. The number of halogens is 1. The predicted molar refractivity (Wildman–Crippen MR) is 43.1 cm³/mol. The molecule has 0 unspecified atom stereocenters. The standard InChI is InChI=1S/C7H9ClN2/c1-4-6(8)3-7(9)5(2)10-4/h3H,9H2,1-2H3. The highest BCUT2D eigenvalue weighted by atomic mass is 35.5. The van der Waals surface area contributed by atoms with Crippen LogP contribution in [-0.4, -0.2) is 4.98 Å². The first-order valence-electron chi connectivity index (χ1n) is 3.00. The Hall–Kier alpha value is -0.760. The Morgan fingerprint density at radius 3 is 2.50 bits per heavy atom. The van der Waals surface area contributed by atoms with Crippen molar-refractivity contribution in [1.82, 2.24) is 4.98 Å². The molecular weight excluding hydrogens is 148 g/mol. The number of pyridine rings is 1. The van der Waals surface area contributed by atoms with E-state index in [4.69, 9.17) is 17.3 Å². The van der Waals surface area contributed by atoms with E-state index in [2.05, 4.69) is 4.98 Å². The van der Waals surface area contributed by atoms with E-state index in [0.717, 1.165) is 11.4 Å². The maximum atomic E-state index is 5.74. The largest absolute Gasteiger partial charge is 0.397 e. The molecule has 10 heavy (non-hydrogen) atoms. The number of aromatic nitrogens is 1. The van der Waals surface area contributed by atoms with Crippen LogP contribution in [0.2, 0.25) is 5.02 Å². The minimum atomic E-state index is 0.628. The van der Waals surface area contributed by atoms with Crippen LogP contribution in [0, 0.1) is 13.8 Å². The number of hydrogen-bond acceptors (Lipinski definition) is 2. The molecule has 0 saturated heterocycles. The van der Waals surface area contributed by atoms with Gasteiger partial charge in [-0.3, -0.25) is 4.98 Å². The van der Waals surface area contributed by atoms with Crippen molar-refractivity contribution in [2.24, 2.45) is 0 Å². The highest BCUT2D eigenvalue weighted by Gasteiger charge is 1.99. The first kappa shape index (κ1) is 7.35. The number of aryl methyl sites for hydroxylation is 2. The van der Waals surface area contributed by atoms with E-state index in [9.17, 15) is 0 Å². The van der Waals surface area contributed by atoms with Gasteiger partial charge in [-0.15, -0.1) is 0 Å². The molecule has 1 aromatic heterocycles. The van der Waals surface area contributed by atoms with Gasteiger partial charge in [0.05, 0.1) is 22.1 Å². The number of nitrogens with two attached hydrogens (primary N) is 1. The van der Waals surface area contributed by atoms with Crippen molar-refractivity contribution in [3.8, 4) is 0 Å². The van der Waals surface area contributed by atoms with Crippen molar-refractivity contribution in [1.29, 1.82) is 0 Å². The zero-order chi connectivity index (χ0) is 7.72. The minimum Gasteiger partial charge on any atom is -0.397 e. The van der Waals surface area contributed by atoms with Crippen LogP contribution in [0.1, 0.15) is 11.4 Å². The van der Waals surface area contributed by atoms with Crippen molar-refractivity contribution in [3.05, 3.63) is 22.5 Å². The van der Waals surface area contributed by atoms with Gasteiger partial charge in [0.15, 0.2) is 0 Å². The molecule has 0 aromatic carbocycles. The highest BCUT2D eigenvalue weighted by Crippen LogP contribution is 2.18. The molecule has 1 heterocycles. The van der Waals surface area contributed by atoms with Gasteiger partial charge < -0.3 is 5.73 Å². The van der Waals surface area contributed by atoms with Gasteiger partial charge in [-0.2, -0.15) is 0 Å². The van der Waals surface area contributed by atoms with Crippen LogP contribution in [0.5, 0.6) is 0 Å². The van der Waals surface area contributed by atoms with Gasteiger partial charge in [0.1, 0.15) is 0 Å². The quantitative estimate of drug-likeness (QED) is 0.624. The maximum Gasteiger partial charge on any atom is 0.0639 e. The molecule has 0 aliphatic rings. The summed E-state index contributed by atoms with van der Waals surface area (Å²) in [6.45, 7) is 3.72. The summed E-state index contributed by atoms with van der Waals surface area (Å²) >= 11 is 5.74. The molecule has 2 nitrogen and oxygen atoms in total. The third-order valence-corrected chi connectivity index (χ3v) is 1.76. The molecule has 0 saturated carbocycles. The van der Waals surface area contributed by atoms with E-state index in [-0.39, 0.29) is 0 Å². The summed E-state index contributed by atoms with van der Waals surface area (Å²) in [4.78, 5) is 4.12. The molecule has 0 amide bonds. The molecule has 1 rings (SSSR count). The van der Waals surface area contributed by atoms with Gasteiger partial charge in [-0.05, 0) is 19.9 Å². The Labute approximate surface area is 65.0 Å². The van der Waals surface area contributed by atoms with Crippen LogP contribution in [0.4, 0.5) is 5.69 Å². The Bertz CT molecular complexity index is 208. The zero-order valence-electron chi connectivity index (χ0n) is 5.98. The lowest BCUT2D eigenvalue weighted by Gasteiger charge is -2.01. The molecule has 3 heteroatoms. The summed E-state index contributed by atoms with van der Waals surface area (Å²) in [7, 11) is 0. The second-order valence-corrected chi connectivity index (χ2v) is 2.64. The van der Waals surface area contributed by atoms with Gasteiger partial charge in [-0.1, -0.05) is 11.6 Å². The van der Waals surface area contributed by atoms with Crippen LogP contribution < -0.4 is 5.73 Å². The van der Waals surface area contributed by atoms with Crippen LogP contribution in [0.3, 0.4) is 0 Å². The van der Waals surface area contributed by atoms with Crippen LogP contribution in [-0.2, 0) is 0 Å². The Kier molecular flexibility index (Phi) is 1.81. The van der Waals surface area contributed by atoms with E-state index in [1.165, 1.54) is 0 Å². The first-order valence-corrected chi connectivity index (χ1v) is 3.38. The fourth-order valence-corrected chi connectivity index (χ4v) is 0.875. The number of anilines is 1. The van der Waals surface area contributed by atoms with Gasteiger partial charge in [0, 0.05) is 0 Å². The molecule has 0 bridgehead atoms. The van der Waals surface area contributed by atoms with Gasteiger partial charge in [-0.25, -0.2) is 0 Å². The Morgan fingerprint density at radius 1 is 1.40 bits per heavy atom. The number of rotatable bonds is 0. The molecule has 0 fully saturated rings. The third kappa shape index (κ3) is 1.21. The van der Waals surface area contributed by atoms with Gasteiger partial charge >= 0.3 is 0 Å². The number of hydrogen-bond donors (Lipinski definition) is 1. The summed E-state index contributed by atoms with van der Waals surface area (Å²) in [6.07, 6.45) is 0. The summed E-state index contributed by atoms with van der Waals surface area (Å²) in [6, 6.07) is 1.72. The molecule has 0 radical (unpaired) electrons. The molecule has 0 aliphatic heterocycles. The van der Waals surface area contributed by atoms with Crippen molar-refractivity contribution < 1.29 is 0 Å². The van der Waals surface area contributed by atoms with Crippen molar-refractivity contribution in [2.45, 2.75) is 13.8 Å². The maximum absolute atomic E-state index is 5.74. The average molecular weight is 157 g/mol. The lowest BCUT2D eigenvalue weighted by molar-refractivity contribution is 1.13. The molecule has 0 aliphatic carbocycles. The monoisotopic (exact) mass is 156 g/mol. The fraction of sp³-hybridized carbons (Fsp3) is 0.286. The molecular formula is C7H9ClN2. The van der Waals surface area contributed by atoms with Crippen LogP contribution in [0.15, 0.2) is 6.07 Å². The molecule has 1 aromatic rings. The third-order valence-electron chi connectivity index (χ3n) is 1.38. The van der Waals surface area contributed by atoms with Gasteiger partial charge in [0.25, 0.3) is 0 Å². The van der Waals surface area contributed by atoms with Crippen molar-refractivity contribution in [3.63, 3.8) is 0 Å². The van der Waals surface area contributed by atoms with Gasteiger partial charge in [0.2, 0.25) is 0 Å². The van der Waals surface area contributed by atoms with E-state index in [1.54, 1.807) is 6.07 Å². The normalized spacial score (nSPS) is 9.90. The topological polar surface area (TPSA) is 38.9 Å².